The van der Waals surface area contributed by atoms with Crippen LogP contribution in [0.25, 0.3) is 0 Å². The van der Waals surface area contributed by atoms with Gasteiger partial charge in [-0.3, -0.25) is 0 Å². The van der Waals surface area contributed by atoms with Crippen LogP contribution in [-0.4, -0.2) is 46.5 Å². The van der Waals surface area contributed by atoms with Gasteiger partial charge in [0.25, 0.3) is 0 Å². The van der Waals surface area contributed by atoms with Gasteiger partial charge in [0, 0.05) is 30.7 Å². The Labute approximate surface area is 130 Å². The van der Waals surface area contributed by atoms with Crippen molar-refractivity contribution in [3.05, 3.63) is 23.8 Å². The molecule has 3 unspecified atom stereocenters. The van der Waals surface area contributed by atoms with Gasteiger partial charge in [-0.1, -0.05) is 6.07 Å². The summed E-state index contributed by atoms with van der Waals surface area (Å²) in [5.41, 5.74) is 6.29. The Bertz CT molecular complexity index is 675. The molecule has 0 spiro atoms. The highest BCUT2D eigenvalue weighted by Crippen LogP contribution is 2.63. The van der Waals surface area contributed by atoms with Crippen LogP contribution in [0, 0.1) is 5.41 Å². The summed E-state index contributed by atoms with van der Waals surface area (Å²) in [5, 5.41) is -0.517. The number of benzene rings is 1. The second kappa shape index (κ2) is 5.40. The highest BCUT2D eigenvalue weighted by atomic mass is 32.2. The van der Waals surface area contributed by atoms with Gasteiger partial charge >= 0.3 is 0 Å². The third-order valence-corrected chi connectivity index (χ3v) is 6.22. The number of nitrogens with two attached hydrogens (primary N) is 1. The minimum absolute atomic E-state index is 0.173. The largest absolute Gasteiger partial charge is 0.454 e. The molecule has 1 aromatic carbocycles. The van der Waals surface area contributed by atoms with Gasteiger partial charge in [-0.25, -0.2) is 8.42 Å². The van der Waals surface area contributed by atoms with Crippen LogP contribution in [0.3, 0.4) is 0 Å². The second-order valence-corrected chi connectivity index (χ2v) is 8.08. The van der Waals surface area contributed by atoms with E-state index < -0.39 is 20.5 Å². The average Bonchev–Trinajstić information content (AvgIpc) is 2.94. The summed E-state index contributed by atoms with van der Waals surface area (Å²) in [6.45, 7) is 3.23. The molecule has 2 N–H and O–H groups in total. The summed E-state index contributed by atoms with van der Waals surface area (Å²) >= 11 is 0. The van der Waals surface area contributed by atoms with Gasteiger partial charge < -0.3 is 19.9 Å². The van der Waals surface area contributed by atoms with Crippen LogP contribution in [-0.2, 0) is 14.6 Å². The maximum Gasteiger partial charge on any atom is 0.231 e. The quantitative estimate of drug-likeness (QED) is 0.835. The first-order chi connectivity index (χ1) is 10.4. The summed E-state index contributed by atoms with van der Waals surface area (Å²) in [7, 11) is -3.22. The summed E-state index contributed by atoms with van der Waals surface area (Å²) in [5.74, 6) is 1.16. The van der Waals surface area contributed by atoms with E-state index in [2.05, 4.69) is 0 Å². The van der Waals surface area contributed by atoms with Crippen molar-refractivity contribution < 1.29 is 22.6 Å². The molecule has 1 fully saturated rings. The molecule has 0 aromatic heterocycles. The Balaban J connectivity index is 1.96. The molecule has 0 radical (unpaired) electrons. The molecule has 1 aromatic rings. The number of sulfone groups is 1. The van der Waals surface area contributed by atoms with Crippen molar-refractivity contribution in [2.75, 3.05) is 32.8 Å². The van der Waals surface area contributed by atoms with Crippen LogP contribution in [0.4, 0.5) is 0 Å². The van der Waals surface area contributed by atoms with E-state index in [1.165, 1.54) is 6.26 Å². The summed E-state index contributed by atoms with van der Waals surface area (Å²) < 4.78 is 40.6. The third kappa shape index (κ3) is 2.37. The van der Waals surface area contributed by atoms with Crippen LogP contribution in [0.1, 0.15) is 18.4 Å². The standard InChI is InChI=1S/C15H21NO5S/c1-3-19-8-15(7-16)13(14(15)22(2,17)18)10-4-5-11-12(6-10)21-9-20-11/h4-6,13-14H,3,7-9,16H2,1-2H3. The molecule has 7 heteroatoms. The van der Waals surface area contributed by atoms with Crippen LogP contribution >= 0.6 is 0 Å². The fourth-order valence-electron chi connectivity index (χ4n) is 3.51. The van der Waals surface area contributed by atoms with Gasteiger partial charge in [-0.05, 0) is 24.6 Å². The lowest BCUT2D eigenvalue weighted by Crippen LogP contribution is -2.28. The zero-order chi connectivity index (χ0) is 16.0. The zero-order valence-electron chi connectivity index (χ0n) is 12.7. The van der Waals surface area contributed by atoms with Gasteiger partial charge in [0.2, 0.25) is 6.79 Å². The Morgan fingerprint density at radius 2 is 2.09 bits per heavy atom. The number of fused-ring (bicyclic) bond motifs is 1. The average molecular weight is 327 g/mol. The number of hydrogen-bond acceptors (Lipinski definition) is 6. The van der Waals surface area contributed by atoms with E-state index in [1.807, 2.05) is 25.1 Å². The van der Waals surface area contributed by atoms with Gasteiger partial charge in [0.1, 0.15) is 0 Å². The lowest BCUT2D eigenvalue weighted by molar-refractivity contribution is 0.101. The van der Waals surface area contributed by atoms with Gasteiger partial charge in [-0.15, -0.1) is 0 Å². The first-order valence-corrected chi connectivity index (χ1v) is 9.25. The minimum atomic E-state index is -3.22. The molecule has 1 saturated carbocycles. The Kier molecular flexibility index (Phi) is 3.82. The Morgan fingerprint density at radius 1 is 1.36 bits per heavy atom. The highest BCUT2D eigenvalue weighted by Gasteiger charge is 2.69. The van der Waals surface area contributed by atoms with Gasteiger partial charge in [0.05, 0.1) is 11.9 Å². The molecule has 3 atom stereocenters. The van der Waals surface area contributed by atoms with Crippen LogP contribution in [0.15, 0.2) is 18.2 Å². The van der Waals surface area contributed by atoms with Crippen molar-refractivity contribution in [1.82, 2.24) is 0 Å². The minimum Gasteiger partial charge on any atom is -0.454 e. The van der Waals surface area contributed by atoms with Crippen molar-refractivity contribution >= 4 is 9.84 Å². The molecular weight excluding hydrogens is 306 g/mol. The monoisotopic (exact) mass is 327 g/mol. The van der Waals surface area contributed by atoms with E-state index in [-0.39, 0.29) is 19.3 Å². The van der Waals surface area contributed by atoms with Crippen LogP contribution in [0.5, 0.6) is 11.5 Å². The van der Waals surface area contributed by atoms with Crippen molar-refractivity contribution in [1.29, 1.82) is 0 Å². The second-order valence-electron chi connectivity index (χ2n) is 5.91. The van der Waals surface area contributed by atoms with Gasteiger partial charge in [-0.2, -0.15) is 0 Å². The Morgan fingerprint density at radius 3 is 2.73 bits per heavy atom. The van der Waals surface area contributed by atoms with E-state index >= 15 is 0 Å². The molecule has 122 valence electrons. The molecule has 0 amide bonds. The van der Waals surface area contributed by atoms with E-state index in [0.717, 1.165) is 5.56 Å². The van der Waals surface area contributed by atoms with Crippen molar-refractivity contribution in [2.24, 2.45) is 11.1 Å². The Hall–Kier alpha value is -1.31. The fraction of sp³-hybridized carbons (Fsp3) is 0.600. The normalized spacial score (nSPS) is 29.6. The molecule has 1 heterocycles. The van der Waals surface area contributed by atoms with E-state index in [4.69, 9.17) is 19.9 Å². The van der Waals surface area contributed by atoms with Crippen LogP contribution < -0.4 is 15.2 Å². The van der Waals surface area contributed by atoms with Crippen molar-refractivity contribution in [3.8, 4) is 11.5 Å². The molecule has 0 saturated heterocycles. The maximum atomic E-state index is 12.2. The molecule has 2 aliphatic rings. The number of rotatable bonds is 6. The molecule has 22 heavy (non-hydrogen) atoms. The van der Waals surface area contributed by atoms with Gasteiger partial charge in [0.15, 0.2) is 21.3 Å². The zero-order valence-corrected chi connectivity index (χ0v) is 13.6. The third-order valence-electron chi connectivity index (χ3n) is 4.55. The van der Waals surface area contributed by atoms with Crippen LogP contribution in [0.2, 0.25) is 0 Å². The lowest BCUT2D eigenvalue weighted by atomic mass is 9.99. The van der Waals surface area contributed by atoms with E-state index in [9.17, 15) is 8.42 Å². The lowest BCUT2D eigenvalue weighted by Gasteiger charge is -2.15. The SMILES string of the molecule is CCOCC1(CN)C(c2ccc3c(c2)OCO3)C1S(C)(=O)=O. The van der Waals surface area contributed by atoms with E-state index in [0.29, 0.717) is 24.7 Å². The molecule has 0 bridgehead atoms. The predicted octanol–water partition coefficient (Wildman–Crippen LogP) is 0.907. The predicted molar refractivity (Wildman–Crippen MR) is 81.9 cm³/mol. The summed E-state index contributed by atoms with van der Waals surface area (Å²) in [6, 6.07) is 5.56. The highest BCUT2D eigenvalue weighted by molar-refractivity contribution is 7.91. The molecule has 3 rings (SSSR count). The summed E-state index contributed by atoms with van der Waals surface area (Å²) in [4.78, 5) is 0. The topological polar surface area (TPSA) is 87.8 Å². The first-order valence-electron chi connectivity index (χ1n) is 7.30. The number of ether oxygens (including phenoxy) is 3. The first kappa shape index (κ1) is 15.6. The van der Waals surface area contributed by atoms with E-state index in [1.54, 1.807) is 0 Å². The smallest absolute Gasteiger partial charge is 0.231 e. The summed E-state index contributed by atoms with van der Waals surface area (Å²) in [6.07, 6.45) is 1.26. The maximum absolute atomic E-state index is 12.2. The fourth-order valence-corrected chi connectivity index (χ4v) is 5.51. The molecule has 6 nitrogen and oxygen atoms in total. The molecule has 1 aliphatic heterocycles. The number of hydrogen-bond donors (Lipinski definition) is 1. The molecule has 1 aliphatic carbocycles. The van der Waals surface area contributed by atoms with Crippen molar-refractivity contribution in [3.63, 3.8) is 0 Å². The molecular formula is C15H21NO5S. The van der Waals surface area contributed by atoms with Crippen molar-refractivity contribution in [2.45, 2.75) is 18.1 Å².